The highest BCUT2D eigenvalue weighted by Gasteiger charge is 2.13. The summed E-state index contributed by atoms with van der Waals surface area (Å²) in [6.07, 6.45) is -0.0101. The molecule has 0 heterocycles. The van der Waals surface area contributed by atoms with E-state index in [-0.39, 0.29) is 31.1 Å². The molecule has 226 valence electrons. The highest BCUT2D eigenvalue weighted by molar-refractivity contribution is 7.86. The predicted octanol–water partition coefficient (Wildman–Crippen LogP) is 0.999. The van der Waals surface area contributed by atoms with Gasteiger partial charge in [-0.3, -0.25) is 8.98 Å². The minimum Gasteiger partial charge on any atom is -0.481 e. The Labute approximate surface area is 230 Å². The first-order valence-electron chi connectivity index (χ1n) is 12.8. The maximum atomic E-state index is 11.9. The fraction of sp³-hybridized carbons (Fsp3) is 0.720. The summed E-state index contributed by atoms with van der Waals surface area (Å²) in [6, 6.07) is 7.95. The molecule has 0 aliphatic rings. The molecule has 0 amide bonds. The van der Waals surface area contributed by atoms with E-state index in [4.69, 9.17) is 47.2 Å². The molecule has 14 heteroatoms. The molecular formula is C25H42O13S. The van der Waals surface area contributed by atoms with E-state index >= 15 is 0 Å². The highest BCUT2D eigenvalue weighted by Crippen LogP contribution is 2.10. The van der Waals surface area contributed by atoms with Crippen LogP contribution in [-0.2, 0) is 57.0 Å². The van der Waals surface area contributed by atoms with E-state index in [1.54, 1.807) is 18.2 Å². The van der Waals surface area contributed by atoms with Crippen molar-refractivity contribution in [1.82, 2.24) is 0 Å². The lowest BCUT2D eigenvalue weighted by Gasteiger charge is -2.09. The van der Waals surface area contributed by atoms with Gasteiger partial charge in [-0.1, -0.05) is 18.2 Å². The molecule has 0 aliphatic carbocycles. The Morgan fingerprint density at radius 2 is 0.821 bits per heavy atom. The van der Waals surface area contributed by atoms with Gasteiger partial charge in [-0.2, -0.15) is 8.42 Å². The zero-order valence-electron chi connectivity index (χ0n) is 22.4. The number of benzene rings is 1. The van der Waals surface area contributed by atoms with Crippen LogP contribution in [0.15, 0.2) is 35.2 Å². The van der Waals surface area contributed by atoms with Crippen LogP contribution in [0.1, 0.15) is 6.42 Å². The van der Waals surface area contributed by atoms with E-state index < -0.39 is 16.1 Å². The van der Waals surface area contributed by atoms with Gasteiger partial charge in [0, 0.05) is 0 Å². The Balaban J connectivity index is 1.70. The maximum absolute atomic E-state index is 11.9. The van der Waals surface area contributed by atoms with E-state index in [9.17, 15) is 13.2 Å². The van der Waals surface area contributed by atoms with Crippen molar-refractivity contribution < 1.29 is 60.4 Å². The summed E-state index contributed by atoms with van der Waals surface area (Å²) in [6.45, 7) is 6.15. The second kappa shape index (κ2) is 25.3. The molecule has 0 aromatic heterocycles. The van der Waals surface area contributed by atoms with Gasteiger partial charge in [-0.25, -0.2) is 0 Å². The van der Waals surface area contributed by atoms with Crippen molar-refractivity contribution in [2.75, 3.05) is 112 Å². The molecule has 0 spiro atoms. The fourth-order valence-corrected chi connectivity index (χ4v) is 3.57. The highest BCUT2D eigenvalue weighted by atomic mass is 32.2. The molecular weight excluding hydrogens is 540 g/mol. The molecule has 0 radical (unpaired) electrons. The summed E-state index contributed by atoms with van der Waals surface area (Å²) in [4.78, 5) is 10.4. The average Bonchev–Trinajstić information content (AvgIpc) is 2.93. The van der Waals surface area contributed by atoms with Gasteiger partial charge < -0.3 is 43.0 Å². The van der Waals surface area contributed by atoms with Crippen molar-refractivity contribution in [2.45, 2.75) is 11.3 Å². The van der Waals surface area contributed by atoms with E-state index in [0.29, 0.717) is 92.5 Å². The molecule has 0 saturated heterocycles. The second-order valence-corrected chi connectivity index (χ2v) is 9.25. The Kier molecular flexibility index (Phi) is 22.9. The molecule has 1 aromatic rings. The van der Waals surface area contributed by atoms with E-state index in [1.165, 1.54) is 12.1 Å². The van der Waals surface area contributed by atoms with E-state index in [2.05, 4.69) is 0 Å². The summed E-state index contributed by atoms with van der Waals surface area (Å²) in [5.41, 5.74) is 0. The molecule has 0 fully saturated rings. The lowest BCUT2D eigenvalue weighted by atomic mass is 10.4. The van der Waals surface area contributed by atoms with Gasteiger partial charge in [-0.05, 0) is 12.1 Å². The standard InChI is InChI=1S/C25H42O13S/c26-25(27)6-7-30-8-9-31-10-11-32-12-13-33-14-15-34-16-17-35-18-19-36-20-21-37-22-23-38-39(28,29)24-4-2-1-3-5-24/h1-5H,6-23H2,(H,26,27). The third kappa shape index (κ3) is 22.8. The zero-order valence-corrected chi connectivity index (χ0v) is 23.2. The van der Waals surface area contributed by atoms with Gasteiger partial charge in [0.25, 0.3) is 10.1 Å². The molecule has 0 unspecified atom stereocenters. The molecule has 1 aromatic carbocycles. The van der Waals surface area contributed by atoms with Gasteiger partial charge in [0.05, 0.1) is 124 Å². The van der Waals surface area contributed by atoms with Crippen LogP contribution in [0, 0.1) is 0 Å². The van der Waals surface area contributed by atoms with Crippen LogP contribution in [0.25, 0.3) is 0 Å². The van der Waals surface area contributed by atoms with Crippen molar-refractivity contribution in [3.63, 3.8) is 0 Å². The van der Waals surface area contributed by atoms with E-state index in [1.807, 2.05) is 0 Å². The average molecular weight is 583 g/mol. The molecule has 0 atom stereocenters. The second-order valence-electron chi connectivity index (χ2n) is 7.63. The van der Waals surface area contributed by atoms with Gasteiger partial charge in [0.1, 0.15) is 0 Å². The van der Waals surface area contributed by atoms with Crippen LogP contribution in [-0.4, -0.2) is 132 Å². The third-order valence-corrected chi connectivity index (χ3v) is 5.89. The molecule has 0 aliphatic heterocycles. The van der Waals surface area contributed by atoms with E-state index in [0.717, 1.165) is 0 Å². The smallest absolute Gasteiger partial charge is 0.305 e. The third-order valence-electron chi connectivity index (χ3n) is 4.56. The Hall–Kier alpha value is -1.72. The van der Waals surface area contributed by atoms with Crippen molar-refractivity contribution in [2.24, 2.45) is 0 Å². The number of hydrogen-bond acceptors (Lipinski definition) is 12. The van der Waals surface area contributed by atoms with Gasteiger partial charge in [0.15, 0.2) is 0 Å². The van der Waals surface area contributed by atoms with Crippen molar-refractivity contribution in [3.8, 4) is 0 Å². The largest absolute Gasteiger partial charge is 0.481 e. The van der Waals surface area contributed by atoms with Gasteiger partial charge in [0.2, 0.25) is 0 Å². The number of carboxylic acids is 1. The summed E-state index contributed by atoms with van der Waals surface area (Å²) >= 11 is 0. The van der Waals surface area contributed by atoms with Gasteiger partial charge in [-0.15, -0.1) is 0 Å². The summed E-state index contributed by atoms with van der Waals surface area (Å²) < 4.78 is 71.4. The number of carbonyl (C=O) groups is 1. The van der Waals surface area contributed by atoms with Crippen LogP contribution in [0.4, 0.5) is 0 Å². The quantitative estimate of drug-likeness (QED) is 0.106. The normalized spacial score (nSPS) is 11.7. The fourth-order valence-electron chi connectivity index (χ4n) is 2.66. The molecule has 0 bridgehead atoms. The lowest BCUT2D eigenvalue weighted by molar-refractivity contribution is -0.138. The van der Waals surface area contributed by atoms with Crippen molar-refractivity contribution >= 4 is 16.1 Å². The van der Waals surface area contributed by atoms with Crippen LogP contribution >= 0.6 is 0 Å². The van der Waals surface area contributed by atoms with Crippen LogP contribution < -0.4 is 0 Å². The van der Waals surface area contributed by atoms with Crippen LogP contribution in [0.5, 0.6) is 0 Å². The minimum absolute atomic E-state index is 0.0101. The first-order valence-corrected chi connectivity index (χ1v) is 14.2. The molecule has 0 saturated carbocycles. The maximum Gasteiger partial charge on any atom is 0.305 e. The van der Waals surface area contributed by atoms with Crippen LogP contribution in [0.3, 0.4) is 0 Å². The molecule has 13 nitrogen and oxygen atoms in total. The Morgan fingerprint density at radius 3 is 1.15 bits per heavy atom. The van der Waals surface area contributed by atoms with Crippen LogP contribution in [0.2, 0.25) is 0 Å². The molecule has 1 rings (SSSR count). The Morgan fingerprint density at radius 1 is 0.513 bits per heavy atom. The summed E-state index contributed by atoms with van der Waals surface area (Å²) in [7, 11) is -3.76. The Bertz CT molecular complexity index is 792. The lowest BCUT2D eigenvalue weighted by Crippen LogP contribution is -2.15. The zero-order chi connectivity index (χ0) is 28.3. The first kappa shape index (κ1) is 35.3. The molecule has 39 heavy (non-hydrogen) atoms. The first-order chi connectivity index (χ1) is 19.0. The SMILES string of the molecule is O=C(O)CCOCCOCCOCCOCCOCCOCCOCCOCCOS(=O)(=O)c1ccccc1. The monoisotopic (exact) mass is 582 g/mol. The number of hydrogen-bond donors (Lipinski definition) is 1. The topological polar surface area (TPSA) is 155 Å². The van der Waals surface area contributed by atoms with Crippen molar-refractivity contribution in [3.05, 3.63) is 30.3 Å². The minimum atomic E-state index is -3.76. The number of ether oxygens (including phenoxy) is 8. The summed E-state index contributed by atoms with van der Waals surface area (Å²) in [5, 5.41) is 8.46. The number of carboxylic acid groups (broad SMARTS) is 1. The number of rotatable bonds is 29. The van der Waals surface area contributed by atoms with Gasteiger partial charge >= 0.3 is 5.97 Å². The molecule has 1 N–H and O–H groups in total. The summed E-state index contributed by atoms with van der Waals surface area (Å²) in [5.74, 6) is -0.882. The van der Waals surface area contributed by atoms with Crippen molar-refractivity contribution in [1.29, 1.82) is 0 Å². The number of aliphatic carboxylic acids is 1. The predicted molar refractivity (Wildman–Crippen MR) is 138 cm³/mol.